The van der Waals surface area contributed by atoms with Gasteiger partial charge >= 0.3 is 0 Å². The fourth-order valence-corrected chi connectivity index (χ4v) is 5.15. The quantitative estimate of drug-likeness (QED) is 0.429. The molecule has 2 aromatic carbocycles. The number of aromatic amines is 2. The standard InChI is InChI=1S/C19H14N4O2S2/c20-27(24,25)19-13(7-8-26-19)11-5-6-16-14(9-11)18(23-22-16)17-10-12-3-1-2-4-15(12)21-17/h1-10,21H,(H,22,23)(H2,20,24,25). The molecule has 4 N–H and O–H groups in total. The molecule has 3 heterocycles. The zero-order valence-electron chi connectivity index (χ0n) is 13.9. The normalized spacial score (nSPS) is 12.2. The summed E-state index contributed by atoms with van der Waals surface area (Å²) in [5, 5.41) is 16.6. The Hall–Kier alpha value is -2.94. The zero-order valence-corrected chi connectivity index (χ0v) is 15.6. The van der Waals surface area contributed by atoms with Crippen molar-refractivity contribution >= 4 is 43.2 Å². The van der Waals surface area contributed by atoms with E-state index in [1.165, 1.54) is 0 Å². The van der Waals surface area contributed by atoms with Gasteiger partial charge in [-0.3, -0.25) is 5.10 Å². The van der Waals surface area contributed by atoms with Crippen molar-refractivity contribution in [3.8, 4) is 22.5 Å². The van der Waals surface area contributed by atoms with Gasteiger partial charge in [0.2, 0.25) is 10.0 Å². The third-order valence-corrected chi connectivity index (χ3v) is 6.98. The molecule has 3 aromatic heterocycles. The van der Waals surface area contributed by atoms with E-state index < -0.39 is 10.0 Å². The number of nitrogens with one attached hydrogen (secondary N) is 2. The second-order valence-corrected chi connectivity index (χ2v) is 8.94. The van der Waals surface area contributed by atoms with Crippen LogP contribution in [0.5, 0.6) is 0 Å². The Morgan fingerprint density at radius 1 is 1.00 bits per heavy atom. The van der Waals surface area contributed by atoms with Gasteiger partial charge in [-0.1, -0.05) is 24.3 Å². The molecule has 0 aliphatic rings. The minimum absolute atomic E-state index is 0.164. The van der Waals surface area contributed by atoms with Gasteiger partial charge in [0.15, 0.2) is 0 Å². The first kappa shape index (κ1) is 16.2. The summed E-state index contributed by atoms with van der Waals surface area (Å²) in [5.74, 6) is 0. The van der Waals surface area contributed by atoms with Crippen molar-refractivity contribution in [3.63, 3.8) is 0 Å². The average molecular weight is 394 g/mol. The van der Waals surface area contributed by atoms with Crippen molar-refractivity contribution < 1.29 is 8.42 Å². The Morgan fingerprint density at radius 2 is 1.85 bits per heavy atom. The first-order valence-corrected chi connectivity index (χ1v) is 10.6. The average Bonchev–Trinajstić information content (AvgIpc) is 3.36. The zero-order chi connectivity index (χ0) is 18.6. The lowest BCUT2D eigenvalue weighted by Gasteiger charge is -2.03. The van der Waals surface area contributed by atoms with Crippen molar-refractivity contribution in [2.45, 2.75) is 4.21 Å². The molecule has 27 heavy (non-hydrogen) atoms. The molecule has 0 amide bonds. The highest BCUT2D eigenvalue weighted by atomic mass is 32.2. The summed E-state index contributed by atoms with van der Waals surface area (Å²) in [7, 11) is -3.77. The first-order chi connectivity index (χ1) is 13.0. The van der Waals surface area contributed by atoms with Crippen LogP contribution in [0, 0.1) is 0 Å². The van der Waals surface area contributed by atoms with Crippen molar-refractivity contribution in [3.05, 3.63) is 60.0 Å². The molecule has 6 nitrogen and oxygen atoms in total. The SMILES string of the molecule is NS(=O)(=O)c1sccc1-c1ccc2[nH]nc(-c3cc4ccccc4[nH]3)c2c1. The van der Waals surface area contributed by atoms with Gasteiger partial charge < -0.3 is 4.98 Å². The highest BCUT2D eigenvalue weighted by molar-refractivity contribution is 7.91. The third-order valence-electron chi connectivity index (χ3n) is 4.55. The topological polar surface area (TPSA) is 105 Å². The summed E-state index contributed by atoms with van der Waals surface area (Å²) >= 11 is 1.12. The number of hydrogen-bond donors (Lipinski definition) is 3. The van der Waals surface area contributed by atoms with E-state index in [0.29, 0.717) is 5.56 Å². The van der Waals surface area contributed by atoms with Gasteiger partial charge in [0.25, 0.3) is 0 Å². The van der Waals surface area contributed by atoms with Crippen LogP contribution in [0.15, 0.2) is 64.2 Å². The summed E-state index contributed by atoms with van der Waals surface area (Å²) in [6, 6.07) is 17.6. The maximum atomic E-state index is 11.9. The van der Waals surface area contributed by atoms with Gasteiger partial charge in [0.05, 0.1) is 11.2 Å². The van der Waals surface area contributed by atoms with Gasteiger partial charge in [0, 0.05) is 21.9 Å². The van der Waals surface area contributed by atoms with E-state index in [2.05, 4.69) is 21.2 Å². The van der Waals surface area contributed by atoms with Crippen LogP contribution in [0.4, 0.5) is 0 Å². The largest absolute Gasteiger partial charge is 0.353 e. The molecule has 5 rings (SSSR count). The smallest absolute Gasteiger partial charge is 0.248 e. The molecular formula is C19H14N4O2S2. The molecule has 0 aliphatic heterocycles. The monoisotopic (exact) mass is 394 g/mol. The highest BCUT2D eigenvalue weighted by Gasteiger charge is 2.18. The van der Waals surface area contributed by atoms with Crippen LogP contribution in [0.3, 0.4) is 0 Å². The van der Waals surface area contributed by atoms with Crippen LogP contribution in [-0.4, -0.2) is 23.6 Å². The van der Waals surface area contributed by atoms with Crippen molar-refractivity contribution in [2.75, 3.05) is 0 Å². The summed E-state index contributed by atoms with van der Waals surface area (Å²) in [6.45, 7) is 0. The molecule has 0 atom stereocenters. The Morgan fingerprint density at radius 3 is 2.67 bits per heavy atom. The number of thiophene rings is 1. The van der Waals surface area contributed by atoms with Crippen molar-refractivity contribution in [1.29, 1.82) is 0 Å². The van der Waals surface area contributed by atoms with E-state index in [-0.39, 0.29) is 4.21 Å². The molecule has 0 unspecified atom stereocenters. The molecule has 8 heteroatoms. The van der Waals surface area contributed by atoms with Crippen LogP contribution < -0.4 is 5.14 Å². The lowest BCUT2D eigenvalue weighted by Crippen LogP contribution is -2.11. The molecule has 0 saturated carbocycles. The van der Waals surface area contributed by atoms with E-state index in [0.717, 1.165) is 50.1 Å². The Balaban J connectivity index is 1.71. The third kappa shape index (κ3) is 2.66. The number of H-pyrrole nitrogens is 2. The number of nitrogens with two attached hydrogens (primary N) is 1. The second-order valence-electron chi connectivity index (χ2n) is 6.27. The minimum atomic E-state index is -3.77. The number of benzene rings is 2. The Bertz CT molecular complexity index is 1380. The number of hydrogen-bond acceptors (Lipinski definition) is 4. The van der Waals surface area contributed by atoms with E-state index in [4.69, 9.17) is 5.14 Å². The fourth-order valence-electron chi connectivity index (χ4n) is 3.32. The van der Waals surface area contributed by atoms with Crippen LogP contribution >= 0.6 is 11.3 Å². The summed E-state index contributed by atoms with van der Waals surface area (Å²) in [4.78, 5) is 3.38. The molecule has 5 aromatic rings. The lowest BCUT2D eigenvalue weighted by atomic mass is 10.0. The van der Waals surface area contributed by atoms with Crippen molar-refractivity contribution in [1.82, 2.24) is 15.2 Å². The van der Waals surface area contributed by atoms with E-state index in [1.54, 1.807) is 11.4 Å². The Labute approximate surface area is 158 Å². The number of sulfonamides is 1. The molecule has 0 aliphatic carbocycles. The highest BCUT2D eigenvalue weighted by Crippen LogP contribution is 2.35. The number of rotatable bonds is 3. The van der Waals surface area contributed by atoms with E-state index >= 15 is 0 Å². The Kier molecular flexibility index (Phi) is 3.48. The first-order valence-electron chi connectivity index (χ1n) is 8.17. The van der Waals surface area contributed by atoms with Crippen LogP contribution in [-0.2, 0) is 10.0 Å². The molecule has 134 valence electrons. The fraction of sp³-hybridized carbons (Fsp3) is 0. The van der Waals surface area contributed by atoms with Gasteiger partial charge in [-0.25, -0.2) is 13.6 Å². The summed E-state index contributed by atoms with van der Waals surface area (Å²) in [6.07, 6.45) is 0. The molecule has 0 fully saturated rings. The second kappa shape index (κ2) is 5.78. The molecule has 0 saturated heterocycles. The van der Waals surface area contributed by atoms with Gasteiger partial charge in [-0.15, -0.1) is 11.3 Å². The molecule has 0 spiro atoms. The number of aromatic nitrogens is 3. The molecule has 0 bridgehead atoms. The van der Waals surface area contributed by atoms with Crippen molar-refractivity contribution in [2.24, 2.45) is 5.14 Å². The van der Waals surface area contributed by atoms with Crippen LogP contribution in [0.25, 0.3) is 44.3 Å². The van der Waals surface area contributed by atoms with Crippen LogP contribution in [0.2, 0.25) is 0 Å². The number of para-hydroxylation sites is 1. The molecular weight excluding hydrogens is 380 g/mol. The van der Waals surface area contributed by atoms with Crippen LogP contribution in [0.1, 0.15) is 0 Å². The number of nitrogens with zero attached hydrogens (tertiary/aromatic N) is 1. The van der Waals surface area contributed by atoms with E-state index in [1.807, 2.05) is 42.5 Å². The number of primary sulfonamides is 1. The number of fused-ring (bicyclic) bond motifs is 2. The van der Waals surface area contributed by atoms with Gasteiger partial charge in [0.1, 0.15) is 9.90 Å². The van der Waals surface area contributed by atoms with E-state index in [9.17, 15) is 8.42 Å². The predicted molar refractivity (Wildman–Crippen MR) is 108 cm³/mol. The maximum absolute atomic E-state index is 11.9. The lowest BCUT2D eigenvalue weighted by molar-refractivity contribution is 0.600. The van der Waals surface area contributed by atoms with Gasteiger partial charge in [-0.2, -0.15) is 5.10 Å². The predicted octanol–water partition coefficient (Wildman–Crippen LogP) is 4.09. The molecule has 0 radical (unpaired) electrons. The summed E-state index contributed by atoms with van der Waals surface area (Å²) in [5.41, 5.74) is 4.99. The minimum Gasteiger partial charge on any atom is -0.353 e. The maximum Gasteiger partial charge on any atom is 0.248 e. The summed E-state index contributed by atoms with van der Waals surface area (Å²) < 4.78 is 23.9. The van der Waals surface area contributed by atoms with Gasteiger partial charge in [-0.05, 0) is 41.3 Å².